The van der Waals surface area contributed by atoms with Gasteiger partial charge in [-0.3, -0.25) is 4.52 Å². The minimum Gasteiger partial charge on any atom is -0.343 e. The van der Waals surface area contributed by atoms with Crippen molar-refractivity contribution in [2.75, 3.05) is 32.8 Å². The smallest absolute Gasteiger partial charge is 0.343 e. The van der Waals surface area contributed by atoms with E-state index in [1.165, 1.54) is 0 Å². The lowest BCUT2D eigenvalue weighted by Crippen LogP contribution is -2.44. The Morgan fingerprint density at radius 3 is 1.72 bits per heavy atom. The van der Waals surface area contributed by atoms with Gasteiger partial charge in [-0.25, -0.2) is 4.57 Å². The van der Waals surface area contributed by atoms with Crippen molar-refractivity contribution in [1.29, 1.82) is 0 Å². The Morgan fingerprint density at radius 1 is 1.06 bits per heavy atom. The largest absolute Gasteiger partial charge is 0.494 e. The second-order valence-corrected chi connectivity index (χ2v) is 4.97. The highest BCUT2D eigenvalue weighted by molar-refractivity contribution is 7.52. The molecular weight excluding hydrogens is 256 g/mol. The van der Waals surface area contributed by atoms with Crippen LogP contribution in [0.25, 0.3) is 0 Å². The van der Waals surface area contributed by atoms with Gasteiger partial charge in [0.25, 0.3) is 0 Å². The van der Waals surface area contributed by atoms with Crippen molar-refractivity contribution >= 4 is 13.8 Å². The first-order valence-corrected chi connectivity index (χ1v) is 7.96. The van der Waals surface area contributed by atoms with Crippen LogP contribution in [-0.4, -0.2) is 48.5 Å². The molecule has 0 aliphatic heterocycles. The summed E-state index contributed by atoms with van der Waals surface area (Å²) in [6.45, 7) is 12.2. The predicted octanol–water partition coefficient (Wildman–Crippen LogP) is 3.14. The maximum atomic E-state index is 13.7. The summed E-state index contributed by atoms with van der Waals surface area (Å²) in [6.07, 6.45) is 0. The molecular formula is C11H25FN3O2P. The Balaban J connectivity index is 5.31. The summed E-state index contributed by atoms with van der Waals surface area (Å²) in [5.41, 5.74) is 0. The molecule has 0 aromatic heterocycles. The Bertz CT molecular complexity index is 291. The highest BCUT2D eigenvalue weighted by Crippen LogP contribution is 2.50. The predicted molar refractivity (Wildman–Crippen MR) is 73.6 cm³/mol. The first kappa shape index (κ1) is 17.4. The first-order valence-electron chi connectivity index (χ1n) is 6.49. The molecule has 0 heterocycles. The van der Waals surface area contributed by atoms with Crippen LogP contribution in [0.5, 0.6) is 0 Å². The number of rotatable bonds is 7. The van der Waals surface area contributed by atoms with Crippen molar-refractivity contribution in [3.05, 3.63) is 0 Å². The van der Waals surface area contributed by atoms with Crippen LogP contribution in [0, 0.1) is 0 Å². The van der Waals surface area contributed by atoms with Gasteiger partial charge >= 0.3 is 7.83 Å². The van der Waals surface area contributed by atoms with Crippen LogP contribution in [-0.2, 0) is 9.09 Å². The van der Waals surface area contributed by atoms with Gasteiger partial charge in [-0.15, -0.1) is 8.96 Å². The maximum Gasteiger partial charge on any atom is 0.494 e. The summed E-state index contributed by atoms with van der Waals surface area (Å²) < 4.78 is 33.6. The van der Waals surface area contributed by atoms with Crippen molar-refractivity contribution in [2.45, 2.75) is 34.6 Å². The number of guanidine groups is 1. The van der Waals surface area contributed by atoms with Gasteiger partial charge in [0.15, 0.2) is 0 Å². The minimum atomic E-state index is -4.40. The first-order chi connectivity index (χ1) is 8.45. The van der Waals surface area contributed by atoms with Crippen LogP contribution in [0.4, 0.5) is 4.20 Å². The molecule has 0 saturated heterocycles. The quantitative estimate of drug-likeness (QED) is 0.408. The van der Waals surface area contributed by atoms with Crippen molar-refractivity contribution in [2.24, 2.45) is 4.76 Å². The van der Waals surface area contributed by atoms with Crippen LogP contribution in [0.2, 0.25) is 0 Å². The lowest BCUT2D eigenvalue weighted by molar-refractivity contribution is 0.300. The number of hydrogen-bond acceptors (Lipinski definition) is 2. The molecule has 108 valence electrons. The molecule has 7 heteroatoms. The van der Waals surface area contributed by atoms with Crippen LogP contribution in [0.15, 0.2) is 4.76 Å². The maximum absolute atomic E-state index is 13.7. The Labute approximate surface area is 110 Å². The lowest BCUT2D eigenvalue weighted by Gasteiger charge is -2.31. The van der Waals surface area contributed by atoms with Crippen LogP contribution in [0.1, 0.15) is 34.6 Å². The molecule has 0 radical (unpaired) electrons. The van der Waals surface area contributed by atoms with E-state index in [1.54, 1.807) is 6.92 Å². The zero-order valence-corrected chi connectivity index (χ0v) is 12.9. The van der Waals surface area contributed by atoms with E-state index in [-0.39, 0.29) is 6.61 Å². The fourth-order valence-corrected chi connectivity index (χ4v) is 2.48. The second-order valence-electron chi connectivity index (χ2n) is 3.61. The molecule has 0 amide bonds. The Kier molecular flexibility index (Phi) is 8.20. The summed E-state index contributed by atoms with van der Waals surface area (Å²) in [5, 5.41) is 0. The molecule has 0 spiro atoms. The van der Waals surface area contributed by atoms with E-state index in [0.717, 1.165) is 0 Å². The highest BCUT2D eigenvalue weighted by atomic mass is 31.2. The van der Waals surface area contributed by atoms with Crippen molar-refractivity contribution in [3.8, 4) is 0 Å². The molecule has 0 aliphatic carbocycles. The average Bonchev–Trinajstić information content (AvgIpc) is 2.31. The van der Waals surface area contributed by atoms with Gasteiger partial charge in [-0.05, 0) is 34.6 Å². The molecule has 0 saturated carbocycles. The zero-order valence-electron chi connectivity index (χ0n) is 12.0. The summed E-state index contributed by atoms with van der Waals surface area (Å²) >= 11 is 0. The highest BCUT2D eigenvalue weighted by Gasteiger charge is 2.25. The fraction of sp³-hybridized carbons (Fsp3) is 0.909. The molecule has 1 unspecified atom stereocenters. The summed E-state index contributed by atoms with van der Waals surface area (Å²) in [7, 11) is -4.40. The summed E-state index contributed by atoms with van der Waals surface area (Å²) in [6, 6.07) is 0. The molecule has 0 rings (SSSR count). The lowest BCUT2D eigenvalue weighted by atomic mass is 10.4. The van der Waals surface area contributed by atoms with Gasteiger partial charge in [-0.1, -0.05) is 0 Å². The second kappa shape index (κ2) is 8.48. The van der Waals surface area contributed by atoms with Gasteiger partial charge < -0.3 is 9.80 Å². The third-order valence-electron chi connectivity index (χ3n) is 2.59. The van der Waals surface area contributed by atoms with E-state index < -0.39 is 7.83 Å². The van der Waals surface area contributed by atoms with E-state index in [4.69, 9.17) is 0 Å². The van der Waals surface area contributed by atoms with Gasteiger partial charge in [0.2, 0.25) is 5.96 Å². The third kappa shape index (κ3) is 5.36. The van der Waals surface area contributed by atoms with Gasteiger partial charge in [0, 0.05) is 26.2 Å². The molecule has 18 heavy (non-hydrogen) atoms. The van der Waals surface area contributed by atoms with Crippen LogP contribution >= 0.6 is 7.83 Å². The molecule has 0 aromatic rings. The number of nitrogens with zero attached hydrogens (tertiary/aromatic N) is 3. The summed E-state index contributed by atoms with van der Waals surface area (Å²) in [5.74, 6) is 0.407. The molecule has 5 nitrogen and oxygen atoms in total. The van der Waals surface area contributed by atoms with Crippen molar-refractivity contribution in [1.82, 2.24) is 9.80 Å². The van der Waals surface area contributed by atoms with Crippen molar-refractivity contribution in [3.63, 3.8) is 0 Å². The van der Waals surface area contributed by atoms with Gasteiger partial charge in [-0.2, -0.15) is 0 Å². The molecule has 1 atom stereocenters. The average molecular weight is 281 g/mol. The normalized spacial score (nSPS) is 13.9. The topological polar surface area (TPSA) is 45.1 Å². The monoisotopic (exact) mass is 281 g/mol. The number of hydrogen-bond donors (Lipinski definition) is 0. The zero-order chi connectivity index (χ0) is 14.2. The molecule has 0 bridgehead atoms. The molecule has 0 fully saturated rings. The third-order valence-corrected chi connectivity index (χ3v) is 3.58. The van der Waals surface area contributed by atoms with Crippen LogP contribution in [0.3, 0.4) is 0 Å². The Morgan fingerprint density at radius 2 is 1.44 bits per heavy atom. The van der Waals surface area contributed by atoms with Crippen LogP contribution < -0.4 is 0 Å². The number of halogens is 1. The van der Waals surface area contributed by atoms with Gasteiger partial charge in [0.05, 0.1) is 6.61 Å². The summed E-state index contributed by atoms with van der Waals surface area (Å²) in [4.78, 5) is 3.75. The molecule has 0 aliphatic rings. The van der Waals surface area contributed by atoms with E-state index in [0.29, 0.717) is 32.1 Å². The van der Waals surface area contributed by atoms with Crippen molar-refractivity contribution < 1.29 is 13.3 Å². The standard InChI is InChI=1S/C11H25FN3O2P/c1-6-14(7-2)11(15(8-3)9-4)13-18(12,16)17-10-5/h6-10H2,1-5H3. The molecule has 0 N–H and O–H groups in total. The fourth-order valence-electron chi connectivity index (χ4n) is 1.63. The minimum absolute atomic E-state index is 0.0427. The SMILES string of the molecule is CCOP(=O)(F)N=C(N(CC)CC)N(CC)CC. The molecule has 0 aromatic carbocycles. The van der Waals surface area contributed by atoms with E-state index in [1.807, 2.05) is 37.5 Å². The van der Waals surface area contributed by atoms with E-state index >= 15 is 0 Å². The van der Waals surface area contributed by atoms with E-state index in [9.17, 15) is 8.76 Å². The Hall–Kier alpha value is -0.610. The van der Waals surface area contributed by atoms with Gasteiger partial charge in [0.1, 0.15) is 0 Å². The van der Waals surface area contributed by atoms with E-state index in [2.05, 4.69) is 9.29 Å².